The molecule has 0 aromatic heterocycles. The molecule has 0 saturated heterocycles. The molecule has 0 aliphatic carbocycles. The molecule has 0 spiro atoms. The Labute approximate surface area is 134 Å². The van der Waals surface area contributed by atoms with Gasteiger partial charge in [0.1, 0.15) is 12.1 Å². The molecule has 0 bridgehead atoms. The van der Waals surface area contributed by atoms with Crippen LogP contribution < -0.4 is 5.32 Å². The van der Waals surface area contributed by atoms with Crippen molar-refractivity contribution in [2.75, 3.05) is 13.9 Å². The first-order valence-electron chi connectivity index (χ1n) is 7.13. The van der Waals surface area contributed by atoms with Crippen LogP contribution in [0.1, 0.15) is 33.6 Å². The third kappa shape index (κ3) is 9.51. The molecule has 9 nitrogen and oxygen atoms in total. The minimum absolute atomic E-state index is 0.00641. The molecule has 0 aliphatic heterocycles. The summed E-state index contributed by atoms with van der Waals surface area (Å²) < 4.78 is 14.9. The summed E-state index contributed by atoms with van der Waals surface area (Å²) in [4.78, 5) is 37.7. The third-order valence-corrected chi connectivity index (χ3v) is 2.81. The van der Waals surface area contributed by atoms with Gasteiger partial charge >= 0.3 is 12.2 Å². The second-order valence-electron chi connectivity index (χ2n) is 4.99. The molecule has 0 aromatic carbocycles. The smallest absolute Gasteiger partial charge is 0.330 e. The standard InChI is InChI=1S/C14H23N3O6/c1-9(2)22-8-23-14(20)12(6-5-11(18)7-16-15)17-13(19)10(3)21-4/h7,9-10,12H,5-6,8H2,1-4H3,(H,17,19)/t10-,12-/m0/s1. The van der Waals surface area contributed by atoms with E-state index in [4.69, 9.17) is 19.7 Å². The second-order valence-corrected chi connectivity index (χ2v) is 4.99. The number of rotatable bonds is 11. The summed E-state index contributed by atoms with van der Waals surface area (Å²) in [6, 6.07) is -1.04. The SMILES string of the molecule is CO[C@@H](C)C(=O)N[C@@H](CCC(=O)C=[N+]=[N-])C(=O)OCOC(C)C. The molecule has 1 N–H and O–H groups in total. The number of Topliss-reactive ketones (excluding diaryl/α,β-unsaturated/α-hetero) is 1. The summed E-state index contributed by atoms with van der Waals surface area (Å²) in [7, 11) is 1.36. The molecule has 0 saturated carbocycles. The fourth-order valence-corrected chi connectivity index (χ4v) is 1.39. The van der Waals surface area contributed by atoms with Crippen LogP contribution in [0.3, 0.4) is 0 Å². The van der Waals surface area contributed by atoms with Gasteiger partial charge in [-0.25, -0.2) is 4.79 Å². The van der Waals surface area contributed by atoms with Crippen molar-refractivity contribution in [1.29, 1.82) is 0 Å². The van der Waals surface area contributed by atoms with Crippen molar-refractivity contribution in [2.24, 2.45) is 0 Å². The summed E-state index contributed by atoms with van der Waals surface area (Å²) in [5.41, 5.74) is 8.28. The van der Waals surface area contributed by atoms with Gasteiger partial charge in [0.25, 0.3) is 0 Å². The Hall–Kier alpha value is -2.09. The zero-order valence-corrected chi connectivity index (χ0v) is 13.8. The number of nitrogens with one attached hydrogen (secondary N) is 1. The zero-order chi connectivity index (χ0) is 17.8. The highest BCUT2D eigenvalue weighted by molar-refractivity contribution is 6.25. The van der Waals surface area contributed by atoms with Crippen molar-refractivity contribution in [3.8, 4) is 0 Å². The van der Waals surface area contributed by atoms with Crippen LogP contribution in [0.5, 0.6) is 0 Å². The zero-order valence-electron chi connectivity index (χ0n) is 13.8. The Morgan fingerprint density at radius 3 is 2.43 bits per heavy atom. The summed E-state index contributed by atoms with van der Waals surface area (Å²) >= 11 is 0. The number of ether oxygens (including phenoxy) is 3. The van der Waals surface area contributed by atoms with E-state index in [1.165, 1.54) is 14.0 Å². The molecule has 0 aliphatic rings. The van der Waals surface area contributed by atoms with Crippen molar-refractivity contribution >= 4 is 23.9 Å². The number of esters is 1. The van der Waals surface area contributed by atoms with E-state index in [0.717, 1.165) is 6.21 Å². The molecule has 0 rings (SSSR count). The molecule has 9 heteroatoms. The highest BCUT2D eigenvalue weighted by atomic mass is 16.7. The Balaban J connectivity index is 4.70. The molecular weight excluding hydrogens is 306 g/mol. The molecule has 0 aromatic rings. The molecule has 0 unspecified atom stereocenters. The second kappa shape index (κ2) is 11.5. The van der Waals surface area contributed by atoms with Crippen LogP contribution >= 0.6 is 0 Å². The third-order valence-electron chi connectivity index (χ3n) is 2.81. The van der Waals surface area contributed by atoms with Gasteiger partial charge in [-0.3, -0.25) is 9.59 Å². The number of nitrogens with zero attached hydrogens (tertiary/aromatic N) is 2. The number of hydrogen-bond donors (Lipinski definition) is 1. The lowest BCUT2D eigenvalue weighted by atomic mass is 10.1. The van der Waals surface area contributed by atoms with E-state index in [1.807, 2.05) is 0 Å². The van der Waals surface area contributed by atoms with E-state index in [2.05, 4.69) is 10.1 Å². The van der Waals surface area contributed by atoms with Crippen molar-refractivity contribution in [3.63, 3.8) is 0 Å². The molecule has 1 amide bonds. The number of carbonyl (C=O) groups excluding carboxylic acids is 3. The van der Waals surface area contributed by atoms with Gasteiger partial charge < -0.3 is 25.1 Å². The summed E-state index contributed by atoms with van der Waals surface area (Å²) in [5.74, 6) is -1.73. The molecule has 23 heavy (non-hydrogen) atoms. The molecule has 2 atom stereocenters. The van der Waals surface area contributed by atoms with Gasteiger partial charge in [0, 0.05) is 13.5 Å². The first-order valence-corrected chi connectivity index (χ1v) is 7.13. The number of hydrogen-bond acceptors (Lipinski definition) is 6. The van der Waals surface area contributed by atoms with Crippen molar-refractivity contribution < 1.29 is 33.4 Å². The molecule has 0 radical (unpaired) electrons. The maximum atomic E-state index is 12.0. The van der Waals surface area contributed by atoms with Crippen LogP contribution in [0, 0.1) is 0 Å². The number of ketones is 1. The largest absolute Gasteiger partial charge is 0.437 e. The Morgan fingerprint density at radius 1 is 1.26 bits per heavy atom. The van der Waals surface area contributed by atoms with Gasteiger partial charge in [0.05, 0.1) is 6.10 Å². The van der Waals surface area contributed by atoms with Gasteiger partial charge in [-0.05, 0) is 27.2 Å². The van der Waals surface area contributed by atoms with Gasteiger partial charge in [0.15, 0.2) is 6.79 Å². The highest BCUT2D eigenvalue weighted by Crippen LogP contribution is 2.03. The lowest BCUT2D eigenvalue weighted by molar-refractivity contribution is -0.163. The quantitative estimate of drug-likeness (QED) is 0.188. The molecule has 0 fully saturated rings. The number of carbonyl (C=O) groups is 3. The summed E-state index contributed by atoms with van der Waals surface area (Å²) in [5, 5.41) is 2.45. The van der Waals surface area contributed by atoms with E-state index >= 15 is 0 Å². The molecule has 0 heterocycles. The van der Waals surface area contributed by atoms with Crippen molar-refractivity contribution in [3.05, 3.63) is 5.53 Å². The fraction of sp³-hybridized carbons (Fsp3) is 0.714. The van der Waals surface area contributed by atoms with Crippen LogP contribution in [0.2, 0.25) is 0 Å². The Bertz CT molecular complexity index is 459. The van der Waals surface area contributed by atoms with Crippen LogP contribution in [-0.2, 0) is 28.6 Å². The lowest BCUT2D eigenvalue weighted by Gasteiger charge is -2.19. The maximum Gasteiger partial charge on any atom is 0.330 e. The molecular formula is C14H23N3O6. The average Bonchev–Trinajstić information content (AvgIpc) is 2.49. The molecule has 130 valence electrons. The topological polar surface area (TPSA) is 127 Å². The summed E-state index contributed by atoms with van der Waals surface area (Å²) in [6.45, 7) is 4.82. The Kier molecular flexibility index (Phi) is 10.4. The lowest BCUT2D eigenvalue weighted by Crippen LogP contribution is -2.46. The predicted octanol–water partition coefficient (Wildman–Crippen LogP) is 0.0817. The monoisotopic (exact) mass is 329 g/mol. The van der Waals surface area contributed by atoms with E-state index < -0.39 is 29.8 Å². The van der Waals surface area contributed by atoms with Crippen LogP contribution in [0.4, 0.5) is 0 Å². The highest BCUT2D eigenvalue weighted by Gasteiger charge is 2.25. The van der Waals surface area contributed by atoms with E-state index in [1.54, 1.807) is 13.8 Å². The fourth-order valence-electron chi connectivity index (χ4n) is 1.39. The summed E-state index contributed by atoms with van der Waals surface area (Å²) in [6.07, 6.45) is -0.257. The minimum atomic E-state index is -1.04. The van der Waals surface area contributed by atoms with Crippen LogP contribution in [-0.4, -0.2) is 60.8 Å². The number of amides is 1. The van der Waals surface area contributed by atoms with Gasteiger partial charge in [0.2, 0.25) is 11.7 Å². The van der Waals surface area contributed by atoms with Crippen LogP contribution in [0.15, 0.2) is 0 Å². The van der Waals surface area contributed by atoms with Gasteiger partial charge in [-0.1, -0.05) is 0 Å². The first-order chi connectivity index (χ1) is 10.8. The van der Waals surface area contributed by atoms with E-state index in [-0.39, 0.29) is 25.7 Å². The normalized spacial score (nSPS) is 12.9. The van der Waals surface area contributed by atoms with E-state index in [0.29, 0.717) is 0 Å². The number of methoxy groups -OCH3 is 1. The van der Waals surface area contributed by atoms with Crippen molar-refractivity contribution in [2.45, 2.75) is 51.9 Å². The van der Waals surface area contributed by atoms with Crippen molar-refractivity contribution in [1.82, 2.24) is 5.32 Å². The van der Waals surface area contributed by atoms with Gasteiger partial charge in [-0.15, -0.1) is 0 Å². The minimum Gasteiger partial charge on any atom is -0.437 e. The maximum absolute atomic E-state index is 12.0. The Morgan fingerprint density at radius 2 is 1.91 bits per heavy atom. The van der Waals surface area contributed by atoms with Gasteiger partial charge in [-0.2, -0.15) is 4.79 Å². The predicted molar refractivity (Wildman–Crippen MR) is 79.5 cm³/mol. The van der Waals surface area contributed by atoms with Crippen LogP contribution in [0.25, 0.3) is 5.53 Å². The first kappa shape index (κ1) is 20.9. The average molecular weight is 329 g/mol. The van der Waals surface area contributed by atoms with E-state index in [9.17, 15) is 14.4 Å².